The highest BCUT2D eigenvalue weighted by atomic mass is 16.5. The average molecular weight is 803 g/mol. The topological polar surface area (TPSA) is 116 Å². The van der Waals surface area contributed by atoms with Gasteiger partial charge in [0.15, 0.2) is 17.6 Å². The van der Waals surface area contributed by atoms with E-state index in [1.807, 2.05) is 39.0 Å². The van der Waals surface area contributed by atoms with Gasteiger partial charge in [-0.15, -0.1) is 13.0 Å². The molecule has 0 saturated heterocycles. The summed E-state index contributed by atoms with van der Waals surface area (Å²) < 4.78 is 18.7. The SMILES string of the molecule is C#CC(C)Oc1ccc2c(OC3CC(C(=O)CC4(C(C)=O)CC4C=C)C(C(=O)C(CC(=O)OC4CC5CC5C4)C(C)(C)C)C3)cc(C3=CCC(CC(C)C)=C3)cc2c1O. The second-order valence-electron chi connectivity index (χ2n) is 19.9. The van der Waals surface area contributed by atoms with E-state index in [9.17, 15) is 24.3 Å². The predicted molar refractivity (Wildman–Crippen MR) is 230 cm³/mol. The van der Waals surface area contributed by atoms with E-state index in [4.69, 9.17) is 20.6 Å². The van der Waals surface area contributed by atoms with Crippen LogP contribution in [0.2, 0.25) is 0 Å². The number of terminal acetylenes is 1. The van der Waals surface area contributed by atoms with Gasteiger partial charge in [0, 0.05) is 40.4 Å². The Morgan fingerprint density at radius 3 is 2.32 bits per heavy atom. The number of esters is 1. The van der Waals surface area contributed by atoms with Gasteiger partial charge in [-0.05, 0) is 130 Å². The number of aromatic hydroxyl groups is 1. The molecule has 0 spiro atoms. The van der Waals surface area contributed by atoms with Crippen molar-refractivity contribution in [3.63, 3.8) is 0 Å². The highest BCUT2D eigenvalue weighted by Crippen LogP contribution is 2.58. The first-order valence-electron chi connectivity index (χ1n) is 21.8. The third-order valence-corrected chi connectivity index (χ3v) is 14.0. The van der Waals surface area contributed by atoms with Crippen LogP contribution in [0.5, 0.6) is 17.2 Å². The maximum Gasteiger partial charge on any atom is 0.306 e. The van der Waals surface area contributed by atoms with Crippen LogP contribution in [0, 0.1) is 64.6 Å². The third-order valence-electron chi connectivity index (χ3n) is 14.0. The van der Waals surface area contributed by atoms with E-state index in [0.717, 1.165) is 36.8 Å². The van der Waals surface area contributed by atoms with Crippen LogP contribution in [0.1, 0.15) is 118 Å². The molecule has 0 heterocycles. The Bertz CT molecular complexity index is 2130. The highest BCUT2D eigenvalue weighted by molar-refractivity contribution is 5.99. The molecule has 0 bridgehead atoms. The van der Waals surface area contributed by atoms with Gasteiger partial charge < -0.3 is 19.3 Å². The lowest BCUT2D eigenvalue weighted by atomic mass is 9.70. The number of carbonyl (C=O) groups is 4. The van der Waals surface area contributed by atoms with Crippen LogP contribution in [0.3, 0.4) is 0 Å². The lowest BCUT2D eigenvalue weighted by Gasteiger charge is -2.32. The molecule has 314 valence electrons. The molecule has 2 aromatic rings. The van der Waals surface area contributed by atoms with Crippen LogP contribution in [-0.4, -0.2) is 46.7 Å². The van der Waals surface area contributed by atoms with Gasteiger partial charge in [0.1, 0.15) is 35.3 Å². The monoisotopic (exact) mass is 802 g/mol. The number of allylic oxidation sites excluding steroid dienone is 5. The van der Waals surface area contributed by atoms with Gasteiger partial charge in [-0.2, -0.15) is 0 Å². The first-order chi connectivity index (χ1) is 27.9. The Labute approximate surface area is 350 Å². The van der Waals surface area contributed by atoms with Gasteiger partial charge in [0.05, 0.1) is 6.42 Å². The molecule has 7 rings (SSSR count). The van der Waals surface area contributed by atoms with E-state index in [1.54, 1.807) is 19.1 Å². The van der Waals surface area contributed by atoms with E-state index in [-0.39, 0.29) is 72.5 Å². The number of carbonyl (C=O) groups excluding carboxylic acids is 4. The van der Waals surface area contributed by atoms with Gasteiger partial charge in [0.2, 0.25) is 0 Å². The number of fused-ring (bicyclic) bond motifs is 2. The summed E-state index contributed by atoms with van der Waals surface area (Å²) in [5.41, 5.74) is 1.83. The first kappa shape index (κ1) is 42.5. The van der Waals surface area contributed by atoms with E-state index in [1.165, 1.54) is 18.9 Å². The Morgan fingerprint density at radius 2 is 1.69 bits per heavy atom. The van der Waals surface area contributed by atoms with Crippen molar-refractivity contribution >= 4 is 39.7 Å². The van der Waals surface area contributed by atoms with E-state index in [0.29, 0.717) is 40.7 Å². The number of phenolic OH excluding ortho intramolecular Hbond substituents is 1. The largest absolute Gasteiger partial charge is 0.504 e. The number of ketones is 3. The molecule has 5 aliphatic carbocycles. The number of phenols is 1. The van der Waals surface area contributed by atoms with Gasteiger partial charge >= 0.3 is 5.97 Å². The van der Waals surface area contributed by atoms with Crippen molar-refractivity contribution in [2.45, 2.75) is 131 Å². The average Bonchev–Trinajstić information content (AvgIpc) is 3.84. The first-order valence-corrected chi connectivity index (χ1v) is 21.8. The van der Waals surface area contributed by atoms with Crippen molar-refractivity contribution in [2.75, 3.05) is 0 Å². The number of Topliss-reactive ketones (excluding diaryl/α,β-unsaturated/α-hetero) is 3. The maximum atomic E-state index is 14.9. The van der Waals surface area contributed by atoms with Crippen molar-refractivity contribution in [3.8, 4) is 29.6 Å². The molecule has 9 atom stereocenters. The van der Waals surface area contributed by atoms with Gasteiger partial charge in [0.25, 0.3) is 0 Å². The molecule has 5 aliphatic rings. The van der Waals surface area contributed by atoms with Crippen LogP contribution in [0.25, 0.3) is 16.3 Å². The minimum Gasteiger partial charge on any atom is -0.504 e. The zero-order valence-electron chi connectivity index (χ0n) is 36.0. The number of hydrogen-bond donors (Lipinski definition) is 1. The van der Waals surface area contributed by atoms with Gasteiger partial charge in [-0.25, -0.2) is 0 Å². The second-order valence-corrected chi connectivity index (χ2v) is 19.9. The second kappa shape index (κ2) is 16.4. The summed E-state index contributed by atoms with van der Waals surface area (Å²) in [6.45, 7) is 17.5. The fourth-order valence-corrected chi connectivity index (χ4v) is 10.4. The van der Waals surface area contributed by atoms with Crippen LogP contribution in [0.15, 0.2) is 54.6 Å². The molecule has 4 fully saturated rings. The molecular weight excluding hydrogens is 741 g/mol. The summed E-state index contributed by atoms with van der Waals surface area (Å²) in [6.07, 6.45) is 16.5. The lowest BCUT2D eigenvalue weighted by molar-refractivity contribution is -0.154. The highest BCUT2D eigenvalue weighted by Gasteiger charge is 2.59. The molecule has 0 aromatic heterocycles. The molecule has 0 radical (unpaired) electrons. The van der Waals surface area contributed by atoms with Gasteiger partial charge in [-0.1, -0.05) is 64.3 Å². The Balaban J connectivity index is 1.21. The molecular formula is C51H62O8. The lowest BCUT2D eigenvalue weighted by Crippen LogP contribution is -2.39. The molecule has 4 saturated carbocycles. The van der Waals surface area contributed by atoms with Crippen molar-refractivity contribution in [1.29, 1.82) is 0 Å². The van der Waals surface area contributed by atoms with E-state index in [2.05, 4.69) is 38.5 Å². The molecule has 2 aromatic carbocycles. The number of rotatable bonds is 17. The van der Waals surface area contributed by atoms with Crippen molar-refractivity contribution in [3.05, 3.63) is 60.2 Å². The minimum absolute atomic E-state index is 0.0385. The fraction of sp³-hybridized carbons (Fsp3) is 0.569. The van der Waals surface area contributed by atoms with Crippen molar-refractivity contribution in [2.24, 2.45) is 52.3 Å². The molecule has 0 amide bonds. The third kappa shape index (κ3) is 8.96. The van der Waals surface area contributed by atoms with Crippen LogP contribution in [-0.2, 0) is 23.9 Å². The Kier molecular flexibility index (Phi) is 11.8. The smallest absolute Gasteiger partial charge is 0.306 e. The summed E-state index contributed by atoms with van der Waals surface area (Å²) in [6, 6.07) is 7.43. The summed E-state index contributed by atoms with van der Waals surface area (Å²) in [5, 5.41) is 12.8. The van der Waals surface area contributed by atoms with E-state index >= 15 is 0 Å². The molecule has 8 nitrogen and oxygen atoms in total. The summed E-state index contributed by atoms with van der Waals surface area (Å²) >= 11 is 0. The summed E-state index contributed by atoms with van der Waals surface area (Å²) in [5.74, 6) is 2.22. The number of hydrogen-bond acceptors (Lipinski definition) is 8. The number of benzene rings is 2. The zero-order chi connectivity index (χ0) is 42.6. The molecule has 0 aliphatic heterocycles. The minimum atomic E-state index is -0.795. The van der Waals surface area contributed by atoms with Crippen LogP contribution in [0.4, 0.5) is 0 Å². The quantitative estimate of drug-likeness (QED) is 0.0955. The molecule has 1 N–H and O–H groups in total. The predicted octanol–water partition coefficient (Wildman–Crippen LogP) is 10.2. The van der Waals surface area contributed by atoms with Crippen LogP contribution < -0.4 is 9.47 Å². The van der Waals surface area contributed by atoms with Crippen molar-refractivity contribution < 1.29 is 38.5 Å². The van der Waals surface area contributed by atoms with Crippen LogP contribution >= 0.6 is 0 Å². The Hall–Kier alpha value is -4.64. The summed E-state index contributed by atoms with van der Waals surface area (Å²) in [7, 11) is 0. The molecule has 8 heteroatoms. The Morgan fingerprint density at radius 1 is 0.983 bits per heavy atom. The molecule has 59 heavy (non-hydrogen) atoms. The van der Waals surface area contributed by atoms with Gasteiger partial charge in [-0.3, -0.25) is 19.2 Å². The fourth-order valence-electron chi connectivity index (χ4n) is 10.4. The summed E-state index contributed by atoms with van der Waals surface area (Å²) in [4.78, 5) is 55.9. The molecule has 9 unspecified atom stereocenters. The van der Waals surface area contributed by atoms with E-state index < -0.39 is 40.8 Å². The normalized spacial score (nSPS) is 29.2. The van der Waals surface area contributed by atoms with Crippen molar-refractivity contribution in [1.82, 2.24) is 0 Å². The standard InChI is InChI=1S/C51H62O8/c1-10-29(5)57-45-15-14-39-41(49(45)56)21-35(32-13-12-31(17-32)16-28(3)4)22-46(39)58-38-23-40(44(53)27-51(30(6)52)26-36(51)11-2)42(24-38)48(55)43(50(7,8)9)25-47(54)59-37-19-33-18-34(33)20-37/h1,11,13-15,17,21-22,28-29,33-34,36-38,40,42-43,56H,2,12,16,18-20,23-27H2,3-9H3. The maximum absolute atomic E-state index is 14.9. The number of ether oxygens (including phenoxy) is 3. The zero-order valence-corrected chi connectivity index (χ0v) is 36.0.